The summed E-state index contributed by atoms with van der Waals surface area (Å²) < 4.78 is 25.7. The number of hydrogen-bond acceptors (Lipinski definition) is 1. The molecule has 3 nitrogen and oxygen atoms in total. The summed E-state index contributed by atoms with van der Waals surface area (Å²) in [7, 11) is 0. The molecular weight excluding hydrogens is 279 g/mol. The molecule has 62 valence electrons. The van der Waals surface area contributed by atoms with E-state index in [1.807, 2.05) is 0 Å². The lowest BCUT2D eigenvalue weighted by Crippen LogP contribution is -1.84. The Morgan fingerprint density at radius 3 is 2.58 bits per heavy atom. The van der Waals surface area contributed by atoms with Crippen LogP contribution in [0.25, 0.3) is 10.4 Å². The van der Waals surface area contributed by atoms with Crippen LogP contribution in [-0.2, 0) is 0 Å². The zero-order valence-corrected chi connectivity index (χ0v) is 7.79. The molecule has 0 radical (unpaired) electrons. The summed E-state index contributed by atoms with van der Waals surface area (Å²) in [5.41, 5.74) is 7.65. The summed E-state index contributed by atoms with van der Waals surface area (Å²) in [6.45, 7) is 0. The Kier molecular flexibility index (Phi) is 2.83. The fraction of sp³-hybridized carbons (Fsp3) is 0. The van der Waals surface area contributed by atoms with E-state index in [4.69, 9.17) is 5.53 Å². The van der Waals surface area contributed by atoms with Crippen molar-refractivity contribution in [3.05, 3.63) is 37.8 Å². The predicted molar refractivity (Wildman–Crippen MR) is 47.9 cm³/mol. The third-order valence-electron chi connectivity index (χ3n) is 1.14. The van der Waals surface area contributed by atoms with Crippen LogP contribution < -0.4 is 0 Å². The van der Waals surface area contributed by atoms with Crippen LogP contribution in [-0.4, -0.2) is 0 Å². The third kappa shape index (κ3) is 1.83. The van der Waals surface area contributed by atoms with Gasteiger partial charge in [-0.2, -0.15) is 0 Å². The second-order valence-electron chi connectivity index (χ2n) is 1.91. The Bertz CT molecular complexity index is 360. The lowest BCUT2D eigenvalue weighted by Gasteiger charge is -1.97. The summed E-state index contributed by atoms with van der Waals surface area (Å²) >= 11 is 1.65. The molecule has 0 bridgehead atoms. The molecule has 12 heavy (non-hydrogen) atoms. The molecule has 1 rings (SSSR count). The minimum Gasteiger partial charge on any atom is -0.206 e. The minimum atomic E-state index is -0.724. The molecule has 0 amide bonds. The molecule has 0 spiro atoms. The highest BCUT2D eigenvalue weighted by atomic mass is 127. The molecule has 1 aromatic carbocycles. The van der Waals surface area contributed by atoms with Gasteiger partial charge in [-0.05, 0) is 40.3 Å². The predicted octanol–water partition coefficient (Wildman–Crippen LogP) is 3.51. The lowest BCUT2D eigenvalue weighted by molar-refractivity contribution is 0.595. The molecule has 0 unspecified atom stereocenters. The fourth-order valence-corrected chi connectivity index (χ4v) is 1.07. The first-order valence-corrected chi connectivity index (χ1v) is 3.92. The van der Waals surface area contributed by atoms with Gasteiger partial charge in [0.25, 0.3) is 0 Å². The lowest BCUT2D eigenvalue weighted by atomic mass is 10.3. The highest BCUT2D eigenvalue weighted by molar-refractivity contribution is 14.1. The smallest absolute Gasteiger partial charge is 0.137 e. The molecule has 0 N–H and O–H groups in total. The minimum absolute atomic E-state index is 0.155. The zero-order valence-electron chi connectivity index (χ0n) is 5.63. The summed E-state index contributed by atoms with van der Waals surface area (Å²) in [5.74, 6) is -1.32. The number of benzene rings is 1. The van der Waals surface area contributed by atoms with Crippen molar-refractivity contribution in [2.75, 3.05) is 0 Å². The van der Waals surface area contributed by atoms with E-state index in [1.165, 1.54) is 0 Å². The van der Waals surface area contributed by atoms with Gasteiger partial charge in [-0.25, -0.2) is 8.78 Å². The van der Waals surface area contributed by atoms with Crippen LogP contribution in [0.5, 0.6) is 0 Å². The van der Waals surface area contributed by atoms with E-state index >= 15 is 0 Å². The highest BCUT2D eigenvalue weighted by Gasteiger charge is 2.05. The van der Waals surface area contributed by atoms with Gasteiger partial charge in [0.2, 0.25) is 0 Å². The first-order chi connectivity index (χ1) is 5.65. The Balaban J connectivity index is 3.32. The molecule has 0 fully saturated rings. The van der Waals surface area contributed by atoms with Crippen molar-refractivity contribution < 1.29 is 8.78 Å². The van der Waals surface area contributed by atoms with Crippen molar-refractivity contribution in [3.8, 4) is 0 Å². The third-order valence-corrected chi connectivity index (χ3v) is 1.97. The van der Waals surface area contributed by atoms with Gasteiger partial charge in [-0.15, -0.1) is 0 Å². The van der Waals surface area contributed by atoms with Gasteiger partial charge >= 0.3 is 0 Å². The van der Waals surface area contributed by atoms with Crippen molar-refractivity contribution in [2.24, 2.45) is 5.11 Å². The second-order valence-corrected chi connectivity index (χ2v) is 3.07. The van der Waals surface area contributed by atoms with Gasteiger partial charge in [0.1, 0.15) is 11.6 Å². The molecule has 0 aliphatic carbocycles. The van der Waals surface area contributed by atoms with Crippen LogP contribution in [0.1, 0.15) is 0 Å². The molecule has 0 aromatic heterocycles. The molecular formula is C6H2F2IN3. The Hall–Kier alpha value is -0.880. The van der Waals surface area contributed by atoms with Gasteiger partial charge in [-0.3, -0.25) is 0 Å². The normalized spacial score (nSPS) is 9.25. The van der Waals surface area contributed by atoms with E-state index in [-0.39, 0.29) is 9.26 Å². The average molecular weight is 281 g/mol. The van der Waals surface area contributed by atoms with E-state index in [0.717, 1.165) is 12.1 Å². The van der Waals surface area contributed by atoms with Gasteiger partial charge in [0.05, 0.1) is 9.26 Å². The number of nitrogens with zero attached hydrogens (tertiary/aromatic N) is 3. The van der Waals surface area contributed by atoms with Crippen LogP contribution >= 0.6 is 22.6 Å². The quantitative estimate of drug-likeness (QED) is 0.249. The summed E-state index contributed by atoms with van der Waals surface area (Å²) in [6.07, 6.45) is 0. The van der Waals surface area contributed by atoms with Crippen molar-refractivity contribution in [1.82, 2.24) is 0 Å². The topological polar surface area (TPSA) is 48.8 Å². The van der Waals surface area contributed by atoms with E-state index in [0.29, 0.717) is 0 Å². The number of azide groups is 1. The van der Waals surface area contributed by atoms with Crippen LogP contribution in [0.3, 0.4) is 0 Å². The molecule has 0 aliphatic rings. The Labute approximate surface area is 80.2 Å². The number of hydrogen-bond donors (Lipinski definition) is 0. The highest BCUT2D eigenvalue weighted by Crippen LogP contribution is 2.22. The van der Waals surface area contributed by atoms with Crippen LogP contribution in [0.2, 0.25) is 0 Å². The van der Waals surface area contributed by atoms with Crippen LogP contribution in [0.4, 0.5) is 14.5 Å². The Morgan fingerprint density at radius 2 is 2.00 bits per heavy atom. The van der Waals surface area contributed by atoms with Gasteiger partial charge in [0.15, 0.2) is 0 Å². The molecule has 0 atom stereocenters. The van der Waals surface area contributed by atoms with Gasteiger partial charge < -0.3 is 0 Å². The van der Waals surface area contributed by atoms with Crippen molar-refractivity contribution in [1.29, 1.82) is 0 Å². The van der Waals surface area contributed by atoms with Gasteiger partial charge in [-0.1, -0.05) is 5.11 Å². The first-order valence-electron chi connectivity index (χ1n) is 2.85. The van der Waals surface area contributed by atoms with E-state index in [1.54, 1.807) is 22.6 Å². The van der Waals surface area contributed by atoms with Crippen LogP contribution in [0.15, 0.2) is 17.2 Å². The maximum Gasteiger partial charge on any atom is 0.137 e. The maximum atomic E-state index is 12.8. The Morgan fingerprint density at radius 1 is 1.33 bits per heavy atom. The fourth-order valence-electron chi connectivity index (χ4n) is 0.637. The standard InChI is InChI=1S/C6H2F2IN3/c7-3-2-6(11-12-10)4(8)1-5(3)9/h1-2H. The van der Waals surface area contributed by atoms with Crippen molar-refractivity contribution in [3.63, 3.8) is 0 Å². The van der Waals surface area contributed by atoms with Crippen LogP contribution in [0, 0.1) is 15.2 Å². The van der Waals surface area contributed by atoms with E-state index in [2.05, 4.69) is 10.0 Å². The largest absolute Gasteiger partial charge is 0.206 e. The molecule has 0 saturated heterocycles. The van der Waals surface area contributed by atoms with Gasteiger partial charge in [0, 0.05) is 4.91 Å². The number of halogens is 3. The second kappa shape index (κ2) is 3.68. The average Bonchev–Trinajstić information content (AvgIpc) is 2.01. The molecule has 0 aliphatic heterocycles. The first kappa shape index (κ1) is 9.21. The molecule has 0 heterocycles. The molecule has 6 heteroatoms. The number of rotatable bonds is 1. The maximum absolute atomic E-state index is 12.8. The molecule has 1 aromatic rings. The SMILES string of the molecule is [N-]=[N+]=Nc1cc(F)c(I)cc1F. The summed E-state index contributed by atoms with van der Waals surface area (Å²) in [6, 6.07) is 1.83. The monoisotopic (exact) mass is 281 g/mol. The summed E-state index contributed by atoms with van der Waals surface area (Å²) in [5, 5.41) is 2.97. The van der Waals surface area contributed by atoms with Crippen molar-refractivity contribution in [2.45, 2.75) is 0 Å². The summed E-state index contributed by atoms with van der Waals surface area (Å²) in [4.78, 5) is 2.35. The van der Waals surface area contributed by atoms with Crippen molar-refractivity contribution >= 4 is 28.3 Å². The molecule has 0 saturated carbocycles. The van der Waals surface area contributed by atoms with E-state index < -0.39 is 11.6 Å². The van der Waals surface area contributed by atoms with E-state index in [9.17, 15) is 8.78 Å². The zero-order chi connectivity index (χ0) is 9.14.